The van der Waals surface area contributed by atoms with Crippen molar-refractivity contribution < 1.29 is 0 Å². The van der Waals surface area contributed by atoms with Crippen LogP contribution in [0.4, 0.5) is 0 Å². The fourth-order valence-electron chi connectivity index (χ4n) is 2.29. The Bertz CT molecular complexity index is 265. The summed E-state index contributed by atoms with van der Waals surface area (Å²) in [6, 6.07) is 8.92. The van der Waals surface area contributed by atoms with Crippen LogP contribution in [0, 0.1) is 0 Å². The lowest BCUT2D eigenvalue weighted by atomic mass is 9.43. The van der Waals surface area contributed by atoms with Gasteiger partial charge in [0, 0.05) is 0 Å². The first-order valence-corrected chi connectivity index (χ1v) is 4.99. The van der Waals surface area contributed by atoms with Crippen LogP contribution < -0.4 is 5.46 Å². The van der Waals surface area contributed by atoms with Gasteiger partial charge in [-0.3, -0.25) is 0 Å². The van der Waals surface area contributed by atoms with Gasteiger partial charge >= 0.3 is 0 Å². The molecule has 0 atom stereocenters. The molecule has 1 heterocycles. The van der Waals surface area contributed by atoms with E-state index in [1.807, 2.05) is 0 Å². The maximum Gasteiger partial charge on any atom is 0.176 e. The summed E-state index contributed by atoms with van der Waals surface area (Å²) < 4.78 is 0. The van der Waals surface area contributed by atoms with E-state index in [1.54, 1.807) is 11.0 Å². The van der Waals surface area contributed by atoms with E-state index < -0.39 is 0 Å². The molecule has 0 saturated heterocycles. The van der Waals surface area contributed by atoms with Gasteiger partial charge in [0.05, 0.1) is 0 Å². The normalized spacial score (nSPS) is 14.9. The Morgan fingerprint density at radius 3 is 3.00 bits per heavy atom. The average molecular weight is 158 g/mol. The lowest BCUT2D eigenvalue weighted by Crippen LogP contribution is -2.25. The van der Waals surface area contributed by atoms with Crippen molar-refractivity contribution in [3.8, 4) is 0 Å². The Morgan fingerprint density at radius 2 is 2.17 bits per heavy atom. The first-order chi connectivity index (χ1) is 5.92. The predicted molar refractivity (Wildman–Crippen MR) is 55.4 cm³/mol. The van der Waals surface area contributed by atoms with Crippen LogP contribution in [0.15, 0.2) is 24.3 Å². The molecule has 0 nitrogen and oxygen atoms in total. The van der Waals surface area contributed by atoms with E-state index in [0.717, 1.165) is 6.71 Å². The Balaban J connectivity index is 2.24. The monoisotopic (exact) mass is 158 g/mol. The highest BCUT2D eigenvalue weighted by Crippen LogP contribution is 2.17. The second-order valence-corrected chi connectivity index (χ2v) is 3.72. The highest BCUT2D eigenvalue weighted by molar-refractivity contribution is 6.74. The quantitative estimate of drug-likeness (QED) is 0.579. The van der Waals surface area contributed by atoms with Gasteiger partial charge in [0.2, 0.25) is 0 Å². The van der Waals surface area contributed by atoms with Gasteiger partial charge in [-0.1, -0.05) is 61.3 Å². The summed E-state index contributed by atoms with van der Waals surface area (Å²) in [5.74, 6) is 0. The van der Waals surface area contributed by atoms with Crippen LogP contribution in [0.5, 0.6) is 0 Å². The third-order valence-electron chi connectivity index (χ3n) is 2.89. The summed E-state index contributed by atoms with van der Waals surface area (Å²) in [6.07, 6.45) is 5.38. The molecule has 1 aliphatic heterocycles. The second kappa shape index (κ2) is 3.34. The maximum atomic E-state index is 2.31. The van der Waals surface area contributed by atoms with E-state index in [0.29, 0.717) is 0 Å². The summed E-state index contributed by atoms with van der Waals surface area (Å²) in [7, 11) is 0. The molecule has 0 radical (unpaired) electrons. The lowest BCUT2D eigenvalue weighted by Gasteiger charge is -2.04. The molecule has 62 valence electrons. The Kier molecular flexibility index (Phi) is 2.20. The first-order valence-electron chi connectivity index (χ1n) is 4.99. The molecule has 1 aromatic carbocycles. The molecule has 1 aromatic rings. The predicted octanol–water partition coefficient (Wildman–Crippen LogP) is 2.35. The minimum absolute atomic E-state index is 0.867. The fourth-order valence-corrected chi connectivity index (χ4v) is 2.29. The average Bonchev–Trinajstić information content (AvgIpc) is 2.50. The van der Waals surface area contributed by atoms with Crippen molar-refractivity contribution in [3.05, 3.63) is 29.8 Å². The third kappa shape index (κ3) is 1.28. The summed E-state index contributed by atoms with van der Waals surface area (Å²) in [5, 5.41) is 0. The first kappa shape index (κ1) is 7.91. The highest BCUT2D eigenvalue weighted by Gasteiger charge is 2.23. The molecule has 0 aromatic heterocycles. The van der Waals surface area contributed by atoms with E-state index in [4.69, 9.17) is 0 Å². The third-order valence-corrected chi connectivity index (χ3v) is 2.89. The van der Waals surface area contributed by atoms with Crippen molar-refractivity contribution in [2.75, 3.05) is 0 Å². The molecule has 2 rings (SSSR count). The van der Waals surface area contributed by atoms with Crippen molar-refractivity contribution in [2.45, 2.75) is 32.4 Å². The van der Waals surface area contributed by atoms with Crippen LogP contribution >= 0.6 is 0 Å². The van der Waals surface area contributed by atoms with E-state index in [-0.39, 0.29) is 0 Å². The molecule has 0 saturated carbocycles. The van der Waals surface area contributed by atoms with Crippen LogP contribution in [0.25, 0.3) is 0 Å². The van der Waals surface area contributed by atoms with Gasteiger partial charge in [-0.2, -0.15) is 0 Å². The molecule has 0 unspecified atom stereocenters. The molecular formula is C11H15B. The SMILES string of the molecule is CCCB1CCc2ccccc21. The number of hydrogen-bond acceptors (Lipinski definition) is 0. The van der Waals surface area contributed by atoms with Gasteiger partial charge < -0.3 is 0 Å². The summed E-state index contributed by atoms with van der Waals surface area (Å²) >= 11 is 0. The van der Waals surface area contributed by atoms with Crippen molar-refractivity contribution >= 4 is 12.2 Å². The molecule has 0 aliphatic carbocycles. The Labute approximate surface area is 75.1 Å². The van der Waals surface area contributed by atoms with E-state index >= 15 is 0 Å². The van der Waals surface area contributed by atoms with Crippen molar-refractivity contribution in [1.29, 1.82) is 0 Å². The molecule has 12 heavy (non-hydrogen) atoms. The number of fused-ring (bicyclic) bond motifs is 1. The molecular weight excluding hydrogens is 143 g/mol. The van der Waals surface area contributed by atoms with Crippen molar-refractivity contribution in [1.82, 2.24) is 0 Å². The fraction of sp³-hybridized carbons (Fsp3) is 0.455. The standard InChI is InChI=1S/C11H15B/c1-2-8-12-9-7-10-5-3-4-6-11(10)12/h3-6H,2,7-9H2,1H3. The van der Waals surface area contributed by atoms with Crippen LogP contribution in [0.2, 0.25) is 12.6 Å². The minimum atomic E-state index is 0.867. The highest BCUT2D eigenvalue weighted by atomic mass is 14.1. The zero-order valence-electron chi connectivity index (χ0n) is 7.72. The van der Waals surface area contributed by atoms with Gasteiger partial charge in [-0.05, 0) is 6.42 Å². The summed E-state index contributed by atoms with van der Waals surface area (Å²) in [5.41, 5.74) is 3.22. The molecule has 0 N–H and O–H groups in total. The molecule has 1 aliphatic rings. The van der Waals surface area contributed by atoms with Gasteiger partial charge in [0.25, 0.3) is 0 Å². The smallest absolute Gasteiger partial charge is 0.0769 e. The van der Waals surface area contributed by atoms with Gasteiger partial charge in [-0.15, -0.1) is 0 Å². The number of benzene rings is 1. The lowest BCUT2D eigenvalue weighted by molar-refractivity contribution is 1.05. The zero-order valence-corrected chi connectivity index (χ0v) is 7.72. The van der Waals surface area contributed by atoms with Crippen LogP contribution in [0.1, 0.15) is 18.9 Å². The largest absolute Gasteiger partial charge is 0.176 e. The molecule has 0 amide bonds. The van der Waals surface area contributed by atoms with Gasteiger partial charge in [-0.25, -0.2) is 0 Å². The molecule has 0 fully saturated rings. The second-order valence-electron chi connectivity index (χ2n) is 3.72. The van der Waals surface area contributed by atoms with Crippen LogP contribution in [-0.2, 0) is 6.42 Å². The molecule has 1 heteroatoms. The topological polar surface area (TPSA) is 0 Å². The zero-order chi connectivity index (χ0) is 8.39. The van der Waals surface area contributed by atoms with Crippen molar-refractivity contribution in [3.63, 3.8) is 0 Å². The Morgan fingerprint density at radius 1 is 1.33 bits per heavy atom. The van der Waals surface area contributed by atoms with Crippen LogP contribution in [0.3, 0.4) is 0 Å². The van der Waals surface area contributed by atoms with Crippen molar-refractivity contribution in [2.24, 2.45) is 0 Å². The van der Waals surface area contributed by atoms with Gasteiger partial charge in [0.1, 0.15) is 0 Å². The molecule has 0 spiro atoms. The van der Waals surface area contributed by atoms with E-state index in [2.05, 4.69) is 31.2 Å². The minimum Gasteiger partial charge on any atom is -0.0769 e. The summed E-state index contributed by atoms with van der Waals surface area (Å²) in [6.45, 7) is 3.15. The van der Waals surface area contributed by atoms with Gasteiger partial charge in [0.15, 0.2) is 6.71 Å². The number of aryl methyl sites for hydroxylation is 1. The van der Waals surface area contributed by atoms with E-state index in [1.165, 1.54) is 25.5 Å². The number of rotatable bonds is 2. The summed E-state index contributed by atoms with van der Waals surface area (Å²) in [4.78, 5) is 0. The maximum absolute atomic E-state index is 2.31. The Hall–Kier alpha value is -0.715. The van der Waals surface area contributed by atoms with Crippen LogP contribution in [-0.4, -0.2) is 6.71 Å². The number of hydrogen-bond donors (Lipinski definition) is 0. The van der Waals surface area contributed by atoms with E-state index in [9.17, 15) is 0 Å². The molecule has 0 bridgehead atoms.